The molecule has 0 saturated carbocycles. The Labute approximate surface area is 123 Å². The van der Waals surface area contributed by atoms with Crippen molar-refractivity contribution in [2.24, 2.45) is 0 Å². The number of carbonyl (C=O) groups excluding carboxylic acids is 1. The van der Waals surface area contributed by atoms with E-state index in [0.717, 1.165) is 16.9 Å². The number of aromatic hydroxyl groups is 1. The third kappa shape index (κ3) is 4.14. The Bertz CT molecular complexity index is 641. The van der Waals surface area contributed by atoms with Gasteiger partial charge >= 0.3 is 0 Å². The van der Waals surface area contributed by atoms with Crippen molar-refractivity contribution >= 4 is 17.3 Å². The molecule has 2 aromatic rings. The molecule has 1 amide bonds. The van der Waals surface area contributed by atoms with Gasteiger partial charge in [-0.05, 0) is 35.9 Å². The molecule has 3 N–H and O–H groups in total. The minimum atomic E-state index is -0.101. The average molecular weight is 286 g/mol. The molecule has 0 fully saturated rings. The summed E-state index contributed by atoms with van der Waals surface area (Å²) in [6, 6.07) is 12.7. The molecule has 0 heterocycles. The zero-order valence-corrected chi connectivity index (χ0v) is 12.0. The Balaban J connectivity index is 2.04. The predicted octanol–water partition coefficient (Wildman–Crippen LogP) is 2.97. The summed E-state index contributed by atoms with van der Waals surface area (Å²) in [5.41, 5.74) is 2.62. The van der Waals surface area contributed by atoms with Gasteiger partial charge in [-0.2, -0.15) is 0 Å². The largest absolute Gasteiger partial charge is 0.504 e. The molecule has 0 spiro atoms. The number of anilines is 2. The predicted molar refractivity (Wildman–Crippen MR) is 82.7 cm³/mol. The van der Waals surface area contributed by atoms with Crippen LogP contribution in [0.25, 0.3) is 0 Å². The summed E-state index contributed by atoms with van der Waals surface area (Å²) in [5.74, 6) is 0.464. The van der Waals surface area contributed by atoms with Crippen LogP contribution in [0.15, 0.2) is 42.5 Å². The van der Waals surface area contributed by atoms with E-state index in [9.17, 15) is 9.90 Å². The van der Waals surface area contributed by atoms with Gasteiger partial charge in [0.2, 0.25) is 5.91 Å². The Morgan fingerprint density at radius 2 is 1.95 bits per heavy atom. The van der Waals surface area contributed by atoms with E-state index in [1.54, 1.807) is 12.1 Å². The quantitative estimate of drug-likeness (QED) is 0.790. The molecule has 2 aromatic carbocycles. The number of rotatable bonds is 5. The van der Waals surface area contributed by atoms with Gasteiger partial charge in [0.15, 0.2) is 11.5 Å². The molecule has 0 aromatic heterocycles. The van der Waals surface area contributed by atoms with E-state index >= 15 is 0 Å². The van der Waals surface area contributed by atoms with Crippen LogP contribution in [0.3, 0.4) is 0 Å². The molecule has 0 aliphatic heterocycles. The number of nitrogens with one attached hydrogen (secondary N) is 2. The molecule has 0 aliphatic carbocycles. The van der Waals surface area contributed by atoms with Crippen LogP contribution in [0.5, 0.6) is 11.5 Å². The minimum absolute atomic E-state index is 0.101. The summed E-state index contributed by atoms with van der Waals surface area (Å²) in [6.45, 7) is 2.06. The number of amides is 1. The maximum atomic E-state index is 11.0. The summed E-state index contributed by atoms with van der Waals surface area (Å²) < 4.78 is 5.08. The topological polar surface area (TPSA) is 70.6 Å². The molecule has 0 saturated heterocycles. The first-order valence-electron chi connectivity index (χ1n) is 6.56. The number of phenolic OH excluding ortho intramolecular Hbond substituents is 1. The highest BCUT2D eigenvalue weighted by Crippen LogP contribution is 2.26. The Hall–Kier alpha value is -2.69. The number of carbonyl (C=O) groups is 1. The molecule has 110 valence electrons. The molecule has 0 radical (unpaired) electrons. The molecular formula is C16H18N2O3. The van der Waals surface area contributed by atoms with Crippen LogP contribution in [0.1, 0.15) is 12.5 Å². The van der Waals surface area contributed by atoms with Gasteiger partial charge in [0, 0.05) is 24.8 Å². The fraction of sp³-hybridized carbons (Fsp3) is 0.188. The number of benzene rings is 2. The van der Waals surface area contributed by atoms with E-state index in [4.69, 9.17) is 4.74 Å². The molecule has 21 heavy (non-hydrogen) atoms. The van der Waals surface area contributed by atoms with Crippen LogP contribution in [-0.2, 0) is 11.3 Å². The molecule has 0 atom stereocenters. The van der Waals surface area contributed by atoms with Gasteiger partial charge in [-0.15, -0.1) is 0 Å². The second-order valence-electron chi connectivity index (χ2n) is 4.62. The van der Waals surface area contributed by atoms with Gasteiger partial charge in [0.25, 0.3) is 0 Å². The van der Waals surface area contributed by atoms with E-state index < -0.39 is 0 Å². The minimum Gasteiger partial charge on any atom is -0.504 e. The molecule has 0 unspecified atom stereocenters. The van der Waals surface area contributed by atoms with Crippen molar-refractivity contribution in [2.45, 2.75) is 13.5 Å². The van der Waals surface area contributed by atoms with Crippen LogP contribution >= 0.6 is 0 Å². The maximum absolute atomic E-state index is 11.0. The molecule has 0 bridgehead atoms. The number of methoxy groups -OCH3 is 1. The summed E-state index contributed by atoms with van der Waals surface area (Å²) in [4.78, 5) is 11.0. The van der Waals surface area contributed by atoms with Crippen molar-refractivity contribution in [3.8, 4) is 11.5 Å². The highest BCUT2D eigenvalue weighted by Gasteiger charge is 2.03. The number of phenols is 1. The van der Waals surface area contributed by atoms with Crippen molar-refractivity contribution in [3.63, 3.8) is 0 Å². The lowest BCUT2D eigenvalue weighted by molar-refractivity contribution is -0.114. The van der Waals surface area contributed by atoms with Crippen molar-refractivity contribution in [1.29, 1.82) is 0 Å². The van der Waals surface area contributed by atoms with Crippen LogP contribution in [0.4, 0.5) is 11.4 Å². The third-order valence-corrected chi connectivity index (χ3v) is 2.92. The summed E-state index contributed by atoms with van der Waals surface area (Å²) in [7, 11) is 1.52. The van der Waals surface area contributed by atoms with Crippen molar-refractivity contribution < 1.29 is 14.6 Å². The van der Waals surface area contributed by atoms with Gasteiger partial charge in [0.1, 0.15) is 0 Å². The zero-order chi connectivity index (χ0) is 15.2. The lowest BCUT2D eigenvalue weighted by Gasteiger charge is -2.10. The second-order valence-corrected chi connectivity index (χ2v) is 4.62. The fourth-order valence-corrected chi connectivity index (χ4v) is 1.95. The SMILES string of the molecule is COc1cc(CNc2cccc(NC(C)=O)c2)ccc1O. The standard InChI is InChI=1S/C16H18N2O3/c1-11(19)18-14-5-3-4-13(9-14)17-10-12-6-7-15(20)16(8-12)21-2/h3-9,17,20H,10H2,1-2H3,(H,18,19). The molecule has 2 rings (SSSR count). The lowest BCUT2D eigenvalue weighted by Crippen LogP contribution is -2.06. The van der Waals surface area contributed by atoms with Gasteiger partial charge in [-0.1, -0.05) is 12.1 Å². The second kappa shape index (κ2) is 6.65. The molecule has 0 aliphatic rings. The number of ether oxygens (including phenoxy) is 1. The third-order valence-electron chi connectivity index (χ3n) is 2.92. The van der Waals surface area contributed by atoms with E-state index in [-0.39, 0.29) is 11.7 Å². The van der Waals surface area contributed by atoms with E-state index in [0.29, 0.717) is 12.3 Å². The van der Waals surface area contributed by atoms with Crippen molar-refractivity contribution in [3.05, 3.63) is 48.0 Å². The van der Waals surface area contributed by atoms with Crippen LogP contribution < -0.4 is 15.4 Å². The van der Waals surface area contributed by atoms with Gasteiger partial charge in [-0.25, -0.2) is 0 Å². The lowest BCUT2D eigenvalue weighted by atomic mass is 10.2. The van der Waals surface area contributed by atoms with Crippen LogP contribution in [-0.4, -0.2) is 18.1 Å². The zero-order valence-electron chi connectivity index (χ0n) is 12.0. The Morgan fingerprint density at radius 1 is 1.19 bits per heavy atom. The molecule has 5 nitrogen and oxygen atoms in total. The highest BCUT2D eigenvalue weighted by molar-refractivity contribution is 5.89. The smallest absolute Gasteiger partial charge is 0.221 e. The number of hydrogen-bond donors (Lipinski definition) is 3. The first kappa shape index (κ1) is 14.7. The first-order chi connectivity index (χ1) is 10.1. The van der Waals surface area contributed by atoms with Crippen LogP contribution in [0.2, 0.25) is 0 Å². The summed E-state index contributed by atoms with van der Waals surface area (Å²) in [6.07, 6.45) is 0. The van der Waals surface area contributed by atoms with Gasteiger partial charge < -0.3 is 20.5 Å². The fourth-order valence-electron chi connectivity index (χ4n) is 1.95. The maximum Gasteiger partial charge on any atom is 0.221 e. The van der Waals surface area contributed by atoms with Crippen molar-refractivity contribution in [2.75, 3.05) is 17.7 Å². The van der Waals surface area contributed by atoms with Gasteiger partial charge in [0.05, 0.1) is 7.11 Å². The summed E-state index contributed by atoms with van der Waals surface area (Å²) >= 11 is 0. The first-order valence-corrected chi connectivity index (χ1v) is 6.56. The van der Waals surface area contributed by atoms with Crippen molar-refractivity contribution in [1.82, 2.24) is 0 Å². The average Bonchev–Trinajstić information content (AvgIpc) is 2.46. The Morgan fingerprint density at radius 3 is 2.67 bits per heavy atom. The summed E-state index contributed by atoms with van der Waals surface area (Å²) in [5, 5.41) is 15.5. The number of hydrogen-bond acceptors (Lipinski definition) is 4. The normalized spacial score (nSPS) is 10.0. The Kier molecular flexibility index (Phi) is 4.66. The molecule has 5 heteroatoms. The van der Waals surface area contributed by atoms with Gasteiger partial charge in [-0.3, -0.25) is 4.79 Å². The van der Waals surface area contributed by atoms with E-state index in [2.05, 4.69) is 10.6 Å². The molecular weight excluding hydrogens is 268 g/mol. The monoisotopic (exact) mass is 286 g/mol. The van der Waals surface area contributed by atoms with E-state index in [1.807, 2.05) is 30.3 Å². The van der Waals surface area contributed by atoms with E-state index in [1.165, 1.54) is 14.0 Å². The highest BCUT2D eigenvalue weighted by atomic mass is 16.5. The van der Waals surface area contributed by atoms with Crippen LogP contribution in [0, 0.1) is 0 Å².